The number of nitrogens with one attached hydrogen (secondary N) is 1. The Kier molecular flexibility index (Phi) is 4.32. The third kappa shape index (κ3) is 3.15. The number of hydrogen-bond donors (Lipinski definition) is 1. The van der Waals surface area contributed by atoms with Gasteiger partial charge in [-0.1, -0.05) is 17.7 Å². The van der Waals surface area contributed by atoms with Crippen molar-refractivity contribution in [1.82, 2.24) is 14.9 Å². The van der Waals surface area contributed by atoms with Gasteiger partial charge in [-0.3, -0.25) is 4.79 Å². The third-order valence-electron chi connectivity index (χ3n) is 4.93. The van der Waals surface area contributed by atoms with E-state index in [0.717, 1.165) is 54.3 Å². The molecule has 1 fully saturated rings. The van der Waals surface area contributed by atoms with Crippen LogP contribution in [-0.2, 0) is 4.79 Å². The van der Waals surface area contributed by atoms with Crippen LogP contribution in [0.2, 0.25) is 5.02 Å². The standard InChI is InChI=1S/C20H21ClN4O/c1-13-3-6-18-19(11-13)23-20(22-18)16-12-15(4-5-17(16)21)25-9-7-24(8-10-25)14(2)26/h3-6,11-12H,7-10H2,1-2H3,(H,22,23). The molecule has 2 heterocycles. The number of piperazine rings is 1. The minimum Gasteiger partial charge on any atom is -0.368 e. The number of carbonyl (C=O) groups excluding carboxylic acids is 1. The molecule has 26 heavy (non-hydrogen) atoms. The fourth-order valence-electron chi connectivity index (χ4n) is 3.41. The van der Waals surface area contributed by atoms with Gasteiger partial charge in [0, 0.05) is 44.4 Å². The van der Waals surface area contributed by atoms with E-state index in [1.54, 1.807) is 6.92 Å². The van der Waals surface area contributed by atoms with Crippen LogP contribution < -0.4 is 4.90 Å². The first-order valence-electron chi connectivity index (χ1n) is 8.78. The Morgan fingerprint density at radius 1 is 1.12 bits per heavy atom. The molecule has 0 radical (unpaired) electrons. The Morgan fingerprint density at radius 3 is 2.62 bits per heavy atom. The second kappa shape index (κ2) is 6.65. The number of aromatic nitrogens is 2. The second-order valence-electron chi connectivity index (χ2n) is 6.76. The van der Waals surface area contributed by atoms with E-state index in [1.165, 1.54) is 5.56 Å². The lowest BCUT2D eigenvalue weighted by atomic mass is 10.1. The van der Waals surface area contributed by atoms with Crippen molar-refractivity contribution in [2.45, 2.75) is 13.8 Å². The van der Waals surface area contributed by atoms with Crippen LogP contribution in [0.1, 0.15) is 12.5 Å². The third-order valence-corrected chi connectivity index (χ3v) is 5.26. The molecule has 1 aromatic heterocycles. The normalized spacial score (nSPS) is 14.9. The predicted molar refractivity (Wildman–Crippen MR) is 106 cm³/mol. The number of H-pyrrole nitrogens is 1. The molecule has 134 valence electrons. The van der Waals surface area contributed by atoms with Crippen LogP contribution in [0.4, 0.5) is 5.69 Å². The molecule has 1 aliphatic rings. The number of carbonyl (C=O) groups is 1. The minimum absolute atomic E-state index is 0.138. The molecule has 1 amide bonds. The molecule has 6 heteroatoms. The highest BCUT2D eigenvalue weighted by molar-refractivity contribution is 6.33. The number of aryl methyl sites for hydroxylation is 1. The van der Waals surface area contributed by atoms with E-state index in [0.29, 0.717) is 5.02 Å². The van der Waals surface area contributed by atoms with Crippen LogP contribution in [0.25, 0.3) is 22.4 Å². The van der Waals surface area contributed by atoms with Crippen LogP contribution in [0.5, 0.6) is 0 Å². The van der Waals surface area contributed by atoms with E-state index in [-0.39, 0.29) is 5.91 Å². The Balaban J connectivity index is 1.65. The van der Waals surface area contributed by atoms with E-state index in [9.17, 15) is 4.79 Å². The number of imidazole rings is 1. The number of nitrogens with zero attached hydrogens (tertiary/aromatic N) is 3. The fraction of sp³-hybridized carbons (Fsp3) is 0.300. The number of fused-ring (bicyclic) bond motifs is 1. The first-order chi connectivity index (χ1) is 12.5. The molecule has 2 aromatic carbocycles. The summed E-state index contributed by atoms with van der Waals surface area (Å²) in [6, 6.07) is 12.2. The smallest absolute Gasteiger partial charge is 0.219 e. The van der Waals surface area contributed by atoms with Crippen LogP contribution in [0.3, 0.4) is 0 Å². The van der Waals surface area contributed by atoms with Crippen molar-refractivity contribution in [2.24, 2.45) is 0 Å². The number of amides is 1. The van der Waals surface area contributed by atoms with Crippen LogP contribution in [0, 0.1) is 6.92 Å². The summed E-state index contributed by atoms with van der Waals surface area (Å²) in [5.41, 5.74) is 5.12. The molecule has 4 rings (SSSR count). The largest absolute Gasteiger partial charge is 0.368 e. The van der Waals surface area contributed by atoms with Gasteiger partial charge in [-0.2, -0.15) is 0 Å². The van der Waals surface area contributed by atoms with E-state index < -0.39 is 0 Å². The Hall–Kier alpha value is -2.53. The zero-order valence-electron chi connectivity index (χ0n) is 14.9. The van der Waals surface area contributed by atoms with E-state index >= 15 is 0 Å². The fourth-order valence-corrected chi connectivity index (χ4v) is 3.62. The monoisotopic (exact) mass is 368 g/mol. The Morgan fingerprint density at radius 2 is 1.88 bits per heavy atom. The average molecular weight is 369 g/mol. The summed E-state index contributed by atoms with van der Waals surface area (Å²) in [7, 11) is 0. The molecular weight excluding hydrogens is 348 g/mol. The molecule has 0 bridgehead atoms. The lowest BCUT2D eigenvalue weighted by Crippen LogP contribution is -2.48. The van der Waals surface area contributed by atoms with Gasteiger partial charge in [-0.25, -0.2) is 4.98 Å². The maximum atomic E-state index is 11.5. The van der Waals surface area contributed by atoms with Crippen molar-refractivity contribution in [3.05, 3.63) is 47.0 Å². The summed E-state index contributed by atoms with van der Waals surface area (Å²) >= 11 is 6.46. The molecule has 1 N–H and O–H groups in total. The molecule has 1 aliphatic heterocycles. The lowest BCUT2D eigenvalue weighted by molar-refractivity contribution is -0.129. The van der Waals surface area contributed by atoms with Crippen molar-refractivity contribution < 1.29 is 4.79 Å². The SMILES string of the molecule is CC(=O)N1CCN(c2ccc(Cl)c(-c3nc4cc(C)ccc4[nH]3)c2)CC1. The number of aromatic amines is 1. The van der Waals surface area contributed by atoms with Gasteiger partial charge in [0.2, 0.25) is 5.91 Å². The lowest BCUT2D eigenvalue weighted by Gasteiger charge is -2.35. The average Bonchev–Trinajstić information content (AvgIpc) is 3.05. The molecule has 0 spiro atoms. The van der Waals surface area contributed by atoms with Crippen molar-refractivity contribution >= 4 is 34.2 Å². The van der Waals surface area contributed by atoms with Crippen molar-refractivity contribution in [2.75, 3.05) is 31.1 Å². The van der Waals surface area contributed by atoms with Crippen molar-refractivity contribution in [3.63, 3.8) is 0 Å². The van der Waals surface area contributed by atoms with E-state index in [1.807, 2.05) is 23.1 Å². The van der Waals surface area contributed by atoms with E-state index in [2.05, 4.69) is 35.0 Å². The van der Waals surface area contributed by atoms with Crippen LogP contribution in [0.15, 0.2) is 36.4 Å². The zero-order valence-corrected chi connectivity index (χ0v) is 15.7. The summed E-state index contributed by atoms with van der Waals surface area (Å²) in [6.45, 7) is 6.82. The van der Waals surface area contributed by atoms with Gasteiger partial charge in [0.1, 0.15) is 5.82 Å². The Labute approximate surface area is 157 Å². The molecule has 5 nitrogen and oxygen atoms in total. The maximum absolute atomic E-state index is 11.5. The molecule has 0 aliphatic carbocycles. The highest BCUT2D eigenvalue weighted by Gasteiger charge is 2.20. The van der Waals surface area contributed by atoms with Gasteiger partial charge in [-0.15, -0.1) is 0 Å². The van der Waals surface area contributed by atoms with Crippen molar-refractivity contribution in [3.8, 4) is 11.4 Å². The molecule has 0 saturated carbocycles. The summed E-state index contributed by atoms with van der Waals surface area (Å²) < 4.78 is 0. The topological polar surface area (TPSA) is 52.2 Å². The van der Waals surface area contributed by atoms with Crippen LogP contribution in [-0.4, -0.2) is 47.0 Å². The molecule has 0 atom stereocenters. The first-order valence-corrected chi connectivity index (χ1v) is 9.16. The highest BCUT2D eigenvalue weighted by Crippen LogP contribution is 2.32. The summed E-state index contributed by atoms with van der Waals surface area (Å²) in [6.07, 6.45) is 0. The highest BCUT2D eigenvalue weighted by atomic mass is 35.5. The quantitative estimate of drug-likeness (QED) is 0.747. The number of hydrogen-bond acceptors (Lipinski definition) is 3. The van der Waals surface area contributed by atoms with Gasteiger partial charge < -0.3 is 14.8 Å². The van der Waals surface area contributed by atoms with Gasteiger partial charge in [-0.05, 0) is 42.8 Å². The van der Waals surface area contributed by atoms with E-state index in [4.69, 9.17) is 16.6 Å². The summed E-state index contributed by atoms with van der Waals surface area (Å²) in [4.78, 5) is 23.8. The first kappa shape index (κ1) is 16.9. The van der Waals surface area contributed by atoms with Gasteiger partial charge in [0.25, 0.3) is 0 Å². The van der Waals surface area contributed by atoms with Crippen molar-refractivity contribution in [1.29, 1.82) is 0 Å². The molecular formula is C20H21ClN4O. The number of rotatable bonds is 2. The zero-order chi connectivity index (χ0) is 18.3. The summed E-state index contributed by atoms with van der Waals surface area (Å²) in [5, 5.41) is 0.673. The Bertz CT molecular complexity index is 973. The van der Waals surface area contributed by atoms with Gasteiger partial charge in [0.05, 0.1) is 16.1 Å². The summed E-state index contributed by atoms with van der Waals surface area (Å²) in [5.74, 6) is 0.916. The minimum atomic E-state index is 0.138. The van der Waals surface area contributed by atoms with Gasteiger partial charge >= 0.3 is 0 Å². The molecule has 1 saturated heterocycles. The number of benzene rings is 2. The number of halogens is 1. The van der Waals surface area contributed by atoms with Crippen LogP contribution >= 0.6 is 11.6 Å². The predicted octanol–water partition coefficient (Wildman–Crippen LogP) is 3.86. The maximum Gasteiger partial charge on any atom is 0.219 e. The second-order valence-corrected chi connectivity index (χ2v) is 7.17. The number of anilines is 1. The van der Waals surface area contributed by atoms with Gasteiger partial charge in [0.15, 0.2) is 0 Å². The molecule has 0 unspecified atom stereocenters. The molecule has 3 aromatic rings.